The number of nitrogens with zero attached hydrogens (tertiary/aromatic N) is 2. The van der Waals surface area contributed by atoms with Gasteiger partial charge < -0.3 is 19.9 Å². The molecule has 6 nitrogen and oxygen atoms in total. The Hall–Kier alpha value is -1.96. The van der Waals surface area contributed by atoms with Gasteiger partial charge in [0.15, 0.2) is 5.11 Å². The van der Waals surface area contributed by atoms with Crippen LogP contribution in [0.25, 0.3) is 10.9 Å². The molecule has 1 aromatic heterocycles. The summed E-state index contributed by atoms with van der Waals surface area (Å²) in [6, 6.07) is 8.36. The second-order valence-corrected chi connectivity index (χ2v) is 8.18. The van der Waals surface area contributed by atoms with Gasteiger partial charge in [-0.15, -0.1) is 0 Å². The van der Waals surface area contributed by atoms with E-state index >= 15 is 0 Å². The minimum Gasteiger partial charge on any atom is -0.379 e. The quantitative estimate of drug-likeness (QED) is 0.677. The smallest absolute Gasteiger partial charge is 0.253 e. The summed E-state index contributed by atoms with van der Waals surface area (Å²) in [5.74, 6) is 0. The van der Waals surface area contributed by atoms with Crippen LogP contribution in [0.4, 0.5) is 0 Å². The molecular formula is C22H32N4O2S. The Kier molecular flexibility index (Phi) is 7.64. The van der Waals surface area contributed by atoms with Crippen molar-refractivity contribution >= 4 is 28.2 Å². The molecule has 0 aliphatic carbocycles. The van der Waals surface area contributed by atoms with Crippen LogP contribution in [0.2, 0.25) is 0 Å². The van der Waals surface area contributed by atoms with Crippen molar-refractivity contribution in [3.63, 3.8) is 0 Å². The molecule has 2 heterocycles. The number of fused-ring (bicyclic) bond motifs is 1. The highest BCUT2D eigenvalue weighted by atomic mass is 32.1. The number of aromatic amines is 1. The Morgan fingerprint density at radius 3 is 2.86 bits per heavy atom. The molecule has 7 heteroatoms. The van der Waals surface area contributed by atoms with Crippen LogP contribution in [-0.4, -0.2) is 65.3 Å². The molecule has 1 saturated heterocycles. The van der Waals surface area contributed by atoms with Gasteiger partial charge in [0.25, 0.3) is 5.56 Å². The van der Waals surface area contributed by atoms with Crippen molar-refractivity contribution in [2.24, 2.45) is 0 Å². The van der Waals surface area contributed by atoms with Gasteiger partial charge in [0.2, 0.25) is 0 Å². The summed E-state index contributed by atoms with van der Waals surface area (Å²) in [6.45, 7) is 11.9. The van der Waals surface area contributed by atoms with Gasteiger partial charge >= 0.3 is 0 Å². The maximum Gasteiger partial charge on any atom is 0.253 e. The van der Waals surface area contributed by atoms with Crippen LogP contribution in [0.5, 0.6) is 0 Å². The topological polar surface area (TPSA) is 60.6 Å². The normalized spacial score (nSPS) is 16.0. The first kappa shape index (κ1) is 21.7. The van der Waals surface area contributed by atoms with Crippen LogP contribution in [0.3, 0.4) is 0 Å². The number of morpholine rings is 1. The first-order valence-electron chi connectivity index (χ1n) is 10.4. The first-order chi connectivity index (χ1) is 14.0. The van der Waals surface area contributed by atoms with Gasteiger partial charge in [-0.05, 0) is 49.5 Å². The van der Waals surface area contributed by atoms with E-state index in [2.05, 4.69) is 33.9 Å². The molecule has 1 fully saturated rings. The van der Waals surface area contributed by atoms with E-state index in [-0.39, 0.29) is 5.56 Å². The van der Waals surface area contributed by atoms with E-state index in [1.54, 1.807) is 0 Å². The molecule has 0 spiro atoms. The van der Waals surface area contributed by atoms with Crippen molar-refractivity contribution in [3.8, 4) is 0 Å². The van der Waals surface area contributed by atoms with Crippen LogP contribution in [0.1, 0.15) is 31.4 Å². The molecule has 2 N–H and O–H groups in total. The van der Waals surface area contributed by atoms with E-state index < -0.39 is 0 Å². The average Bonchev–Trinajstić information content (AvgIpc) is 2.72. The Morgan fingerprint density at radius 1 is 1.38 bits per heavy atom. The number of thiocarbonyl (C=S) groups is 1. The molecule has 1 unspecified atom stereocenters. The Labute approximate surface area is 178 Å². The number of aryl methyl sites for hydroxylation is 1. The third-order valence-corrected chi connectivity index (χ3v) is 5.96. The number of para-hydroxylation sites is 1. The zero-order valence-corrected chi connectivity index (χ0v) is 18.5. The second-order valence-electron chi connectivity index (χ2n) is 7.80. The number of hydrogen-bond acceptors (Lipinski definition) is 4. The van der Waals surface area contributed by atoms with Crippen LogP contribution in [-0.2, 0) is 11.3 Å². The summed E-state index contributed by atoms with van der Waals surface area (Å²) in [5, 5.41) is 5.16. The standard InChI is InChI=1S/C22H32N4O2S/c1-4-17(3)23-22(29)26(9-8-25-10-12-28-13-11-25)15-19-14-18-7-5-6-16(2)20(18)24-21(19)27/h5-7,14,17H,4,8-13,15H2,1-3H3,(H,23,29)(H,24,27). The lowest BCUT2D eigenvalue weighted by Gasteiger charge is -2.32. The van der Waals surface area contributed by atoms with Gasteiger partial charge in [0, 0.05) is 37.8 Å². The van der Waals surface area contributed by atoms with Crippen LogP contribution >= 0.6 is 12.2 Å². The zero-order valence-electron chi connectivity index (χ0n) is 17.7. The second kappa shape index (κ2) is 10.2. The number of benzene rings is 1. The van der Waals surface area contributed by atoms with E-state index in [0.717, 1.165) is 67.8 Å². The van der Waals surface area contributed by atoms with E-state index in [1.165, 1.54) is 0 Å². The Bertz CT molecular complexity index is 892. The molecule has 1 aliphatic rings. The van der Waals surface area contributed by atoms with Crippen molar-refractivity contribution in [1.29, 1.82) is 0 Å². The predicted molar refractivity (Wildman–Crippen MR) is 122 cm³/mol. The van der Waals surface area contributed by atoms with E-state index in [1.807, 2.05) is 31.2 Å². The molecule has 0 saturated carbocycles. The van der Waals surface area contributed by atoms with Crippen molar-refractivity contribution in [2.45, 2.75) is 39.8 Å². The summed E-state index contributed by atoms with van der Waals surface area (Å²) < 4.78 is 5.44. The van der Waals surface area contributed by atoms with Crippen LogP contribution < -0.4 is 10.9 Å². The van der Waals surface area contributed by atoms with Gasteiger partial charge in [-0.3, -0.25) is 9.69 Å². The van der Waals surface area contributed by atoms with Crippen LogP contribution in [0.15, 0.2) is 29.1 Å². The largest absolute Gasteiger partial charge is 0.379 e. The molecule has 0 bridgehead atoms. The highest BCUT2D eigenvalue weighted by molar-refractivity contribution is 7.80. The lowest BCUT2D eigenvalue weighted by atomic mass is 10.1. The van der Waals surface area contributed by atoms with E-state index in [9.17, 15) is 4.79 Å². The molecule has 0 radical (unpaired) electrons. The van der Waals surface area contributed by atoms with Gasteiger partial charge in [0.05, 0.1) is 25.3 Å². The Balaban J connectivity index is 1.79. The SMILES string of the molecule is CCC(C)NC(=S)N(CCN1CCOCC1)Cc1cc2cccc(C)c2[nH]c1=O. The molecule has 3 rings (SSSR count). The minimum atomic E-state index is -0.0467. The van der Waals surface area contributed by atoms with E-state index in [0.29, 0.717) is 17.7 Å². The fourth-order valence-corrected chi connectivity index (χ4v) is 3.85. The summed E-state index contributed by atoms with van der Waals surface area (Å²) in [7, 11) is 0. The summed E-state index contributed by atoms with van der Waals surface area (Å²) in [5.41, 5.74) is 2.67. The third kappa shape index (κ3) is 5.78. The lowest BCUT2D eigenvalue weighted by Crippen LogP contribution is -2.48. The first-order valence-corrected chi connectivity index (χ1v) is 10.9. The molecule has 158 valence electrons. The molecule has 29 heavy (non-hydrogen) atoms. The van der Waals surface area contributed by atoms with Crippen molar-refractivity contribution in [2.75, 3.05) is 39.4 Å². The van der Waals surface area contributed by atoms with Crippen molar-refractivity contribution in [1.82, 2.24) is 20.1 Å². The van der Waals surface area contributed by atoms with Crippen molar-refractivity contribution < 1.29 is 4.74 Å². The minimum absolute atomic E-state index is 0.0467. The van der Waals surface area contributed by atoms with Gasteiger partial charge in [-0.25, -0.2) is 0 Å². The lowest BCUT2D eigenvalue weighted by molar-refractivity contribution is 0.0357. The number of aromatic nitrogens is 1. The number of hydrogen-bond donors (Lipinski definition) is 2. The molecule has 1 aliphatic heterocycles. The molecule has 2 aromatic rings. The summed E-state index contributed by atoms with van der Waals surface area (Å²) in [4.78, 5) is 20.3. The number of ether oxygens (including phenoxy) is 1. The molecule has 0 amide bonds. The Morgan fingerprint density at radius 2 is 2.14 bits per heavy atom. The summed E-state index contributed by atoms with van der Waals surface area (Å²) >= 11 is 5.70. The van der Waals surface area contributed by atoms with Gasteiger partial charge in [-0.2, -0.15) is 0 Å². The monoisotopic (exact) mass is 416 g/mol. The average molecular weight is 417 g/mol. The molecule has 1 aromatic carbocycles. The molecular weight excluding hydrogens is 384 g/mol. The maximum absolute atomic E-state index is 12.8. The third-order valence-electron chi connectivity index (χ3n) is 5.59. The maximum atomic E-state index is 12.8. The highest BCUT2D eigenvalue weighted by Gasteiger charge is 2.17. The zero-order chi connectivity index (χ0) is 20.8. The van der Waals surface area contributed by atoms with Gasteiger partial charge in [-0.1, -0.05) is 25.1 Å². The highest BCUT2D eigenvalue weighted by Crippen LogP contribution is 2.16. The fraction of sp³-hybridized carbons (Fsp3) is 0.545. The number of nitrogens with one attached hydrogen (secondary N) is 2. The van der Waals surface area contributed by atoms with E-state index in [4.69, 9.17) is 17.0 Å². The molecule has 1 atom stereocenters. The summed E-state index contributed by atoms with van der Waals surface area (Å²) in [6.07, 6.45) is 0.993. The number of H-pyrrole nitrogens is 1. The number of pyridine rings is 1. The van der Waals surface area contributed by atoms with Crippen LogP contribution in [0, 0.1) is 6.92 Å². The van der Waals surface area contributed by atoms with Crippen molar-refractivity contribution in [3.05, 3.63) is 45.7 Å². The fourth-order valence-electron chi connectivity index (χ4n) is 3.50. The predicted octanol–water partition coefficient (Wildman–Crippen LogP) is 2.64. The van der Waals surface area contributed by atoms with Gasteiger partial charge in [0.1, 0.15) is 0 Å². The number of rotatable bonds is 7.